The Labute approximate surface area is 198 Å². The molecule has 1 unspecified atom stereocenters. The van der Waals surface area contributed by atoms with Crippen molar-refractivity contribution < 1.29 is 18.4 Å². The van der Waals surface area contributed by atoms with Crippen LogP contribution >= 0.6 is 0 Å². The smallest absolute Gasteiger partial charge is 0.253 e. The zero-order valence-corrected chi connectivity index (χ0v) is 19.3. The Bertz CT molecular complexity index is 1100. The predicted octanol–water partition coefficient (Wildman–Crippen LogP) is 4.28. The van der Waals surface area contributed by atoms with E-state index in [-0.39, 0.29) is 11.7 Å². The summed E-state index contributed by atoms with van der Waals surface area (Å²) in [6.45, 7) is 7.99. The van der Waals surface area contributed by atoms with Gasteiger partial charge in [0.05, 0.1) is 32.1 Å². The first-order valence-corrected chi connectivity index (χ1v) is 11.7. The summed E-state index contributed by atoms with van der Waals surface area (Å²) in [5.74, 6) is 1.16. The van der Waals surface area contributed by atoms with Gasteiger partial charge in [0.2, 0.25) is 5.96 Å². The topological polar surface area (TPSA) is 63.3 Å². The number of rotatable bonds is 4. The molecule has 0 aliphatic carbocycles. The lowest BCUT2D eigenvalue weighted by atomic mass is 9.95. The summed E-state index contributed by atoms with van der Waals surface area (Å²) in [5.41, 5.74) is 3.32. The monoisotopic (exact) mass is 464 g/mol. The Morgan fingerprint density at radius 2 is 1.53 bits per heavy atom. The third kappa shape index (κ3) is 4.98. The highest BCUT2D eigenvalue weighted by molar-refractivity contribution is 5.82. The minimum atomic E-state index is -0.223. The molecule has 1 aromatic heterocycles. The molecule has 3 heterocycles. The minimum Gasteiger partial charge on any atom is -0.378 e. The molecule has 2 aromatic carbocycles. The molecule has 0 bridgehead atoms. The van der Waals surface area contributed by atoms with Crippen molar-refractivity contribution in [3.8, 4) is 11.1 Å². The van der Waals surface area contributed by atoms with Crippen molar-refractivity contribution in [2.75, 3.05) is 52.6 Å². The van der Waals surface area contributed by atoms with Gasteiger partial charge in [0.25, 0.3) is 5.88 Å². The molecular formula is C26H29FN4O3. The van der Waals surface area contributed by atoms with Gasteiger partial charge in [0.1, 0.15) is 5.82 Å². The van der Waals surface area contributed by atoms with Crippen molar-refractivity contribution in [1.29, 1.82) is 0 Å². The number of hydrogen-bond donors (Lipinski definition) is 0. The second-order valence-corrected chi connectivity index (χ2v) is 8.52. The molecule has 2 saturated heterocycles. The van der Waals surface area contributed by atoms with Crippen LogP contribution in [0.4, 0.5) is 10.3 Å². The molecule has 0 spiro atoms. The fourth-order valence-corrected chi connectivity index (χ4v) is 4.32. The van der Waals surface area contributed by atoms with Gasteiger partial charge in [-0.05, 0) is 17.2 Å². The first-order chi connectivity index (χ1) is 16.7. The van der Waals surface area contributed by atoms with Gasteiger partial charge in [0.15, 0.2) is 0 Å². The Hall–Kier alpha value is -3.23. The van der Waals surface area contributed by atoms with Gasteiger partial charge >= 0.3 is 0 Å². The molecule has 178 valence electrons. The molecule has 2 fully saturated rings. The molecule has 8 heteroatoms. The Balaban J connectivity index is 1.35. The number of hydrogen-bond acceptors (Lipinski definition) is 5. The van der Waals surface area contributed by atoms with Gasteiger partial charge < -0.3 is 23.8 Å². The summed E-state index contributed by atoms with van der Waals surface area (Å²) in [6.07, 6.45) is 0. The highest BCUT2D eigenvalue weighted by Gasteiger charge is 2.24. The van der Waals surface area contributed by atoms with Gasteiger partial charge in [-0.15, -0.1) is 0 Å². The maximum Gasteiger partial charge on any atom is 0.253 e. The molecule has 7 nitrogen and oxygen atoms in total. The summed E-state index contributed by atoms with van der Waals surface area (Å²) >= 11 is 0. The quantitative estimate of drug-likeness (QED) is 0.424. The number of nitrogens with zero attached hydrogens (tertiary/aromatic N) is 4. The third-order valence-electron chi connectivity index (χ3n) is 6.35. The molecule has 1 atom stereocenters. The van der Waals surface area contributed by atoms with Crippen LogP contribution in [0.25, 0.3) is 11.1 Å². The van der Waals surface area contributed by atoms with E-state index in [4.69, 9.17) is 19.0 Å². The van der Waals surface area contributed by atoms with Crippen LogP contribution in [-0.4, -0.2) is 73.5 Å². The van der Waals surface area contributed by atoms with Crippen LogP contribution in [0.2, 0.25) is 0 Å². The van der Waals surface area contributed by atoms with Crippen molar-refractivity contribution in [2.24, 2.45) is 4.99 Å². The van der Waals surface area contributed by atoms with Crippen LogP contribution in [0.15, 0.2) is 64.1 Å². The zero-order valence-electron chi connectivity index (χ0n) is 19.3. The molecule has 0 N–H and O–H groups in total. The fourth-order valence-electron chi connectivity index (χ4n) is 4.32. The molecule has 34 heavy (non-hydrogen) atoms. The zero-order chi connectivity index (χ0) is 23.3. The van der Waals surface area contributed by atoms with Crippen molar-refractivity contribution in [3.63, 3.8) is 0 Å². The Kier molecular flexibility index (Phi) is 6.87. The maximum absolute atomic E-state index is 14.1. The summed E-state index contributed by atoms with van der Waals surface area (Å²) in [7, 11) is 0. The lowest BCUT2D eigenvalue weighted by Crippen LogP contribution is -2.52. The summed E-state index contributed by atoms with van der Waals surface area (Å²) in [6, 6.07) is 16.6. The Morgan fingerprint density at radius 3 is 2.15 bits per heavy atom. The molecule has 0 amide bonds. The highest BCUT2D eigenvalue weighted by atomic mass is 19.1. The Morgan fingerprint density at radius 1 is 0.912 bits per heavy atom. The van der Waals surface area contributed by atoms with Crippen molar-refractivity contribution in [1.82, 2.24) is 15.0 Å². The summed E-state index contributed by atoms with van der Waals surface area (Å²) in [4.78, 5) is 9.33. The number of aliphatic imine (C=N–C) groups is 1. The van der Waals surface area contributed by atoms with Crippen molar-refractivity contribution >= 4 is 11.8 Å². The molecule has 0 saturated carbocycles. The van der Waals surface area contributed by atoms with Crippen LogP contribution in [0.5, 0.6) is 0 Å². The summed E-state index contributed by atoms with van der Waals surface area (Å²) in [5, 5.41) is 4.30. The standard InChI is InChI=1S/C26H29FN4O3/c1-19(20-6-8-21(9-7-20)22-4-2-3-5-23(22)27)24-18-25(34-29-24)28-26(30-10-14-32-15-11-30)31-12-16-33-17-13-31/h2-9,18-19H,10-17H2,1H3. The first kappa shape index (κ1) is 22.6. The molecular weight excluding hydrogens is 435 g/mol. The van der Waals surface area contributed by atoms with Gasteiger partial charge in [-0.25, -0.2) is 4.39 Å². The molecule has 2 aliphatic rings. The normalized spacial score (nSPS) is 17.5. The van der Waals surface area contributed by atoms with Gasteiger partial charge in [0, 0.05) is 43.7 Å². The number of benzene rings is 2. The average molecular weight is 465 g/mol. The van der Waals surface area contributed by atoms with Crippen LogP contribution in [0.3, 0.4) is 0 Å². The third-order valence-corrected chi connectivity index (χ3v) is 6.35. The molecule has 5 rings (SSSR count). The minimum absolute atomic E-state index is 0.0117. The predicted molar refractivity (Wildman–Crippen MR) is 128 cm³/mol. The number of guanidine groups is 1. The van der Waals surface area contributed by atoms with Gasteiger partial charge in [-0.1, -0.05) is 54.5 Å². The lowest BCUT2D eigenvalue weighted by molar-refractivity contribution is 0.0421. The molecule has 3 aromatic rings. The van der Waals surface area contributed by atoms with E-state index < -0.39 is 0 Å². The number of morpholine rings is 2. The van der Waals surface area contributed by atoms with Crippen LogP contribution < -0.4 is 0 Å². The summed E-state index contributed by atoms with van der Waals surface area (Å²) < 4.78 is 30.8. The van der Waals surface area contributed by atoms with E-state index in [1.54, 1.807) is 12.1 Å². The number of halogens is 1. The van der Waals surface area contributed by atoms with Crippen molar-refractivity contribution in [2.45, 2.75) is 12.8 Å². The van der Waals surface area contributed by atoms with E-state index in [0.29, 0.717) is 37.9 Å². The molecule has 2 aliphatic heterocycles. The highest BCUT2D eigenvalue weighted by Crippen LogP contribution is 2.29. The van der Waals surface area contributed by atoms with E-state index in [2.05, 4.69) is 21.9 Å². The van der Waals surface area contributed by atoms with Crippen LogP contribution in [0, 0.1) is 5.82 Å². The van der Waals surface area contributed by atoms with E-state index >= 15 is 0 Å². The number of ether oxygens (including phenoxy) is 2. The van der Waals surface area contributed by atoms with Crippen LogP contribution in [-0.2, 0) is 9.47 Å². The second kappa shape index (κ2) is 10.4. The SMILES string of the molecule is CC(c1ccc(-c2ccccc2F)cc1)c1cc(N=C(N2CCOCC2)N2CCOCC2)on1. The van der Waals surface area contributed by atoms with Gasteiger partial charge in [-0.2, -0.15) is 4.99 Å². The fraction of sp³-hybridized carbons (Fsp3) is 0.385. The van der Waals surface area contributed by atoms with Crippen LogP contribution in [0.1, 0.15) is 24.1 Å². The first-order valence-electron chi connectivity index (χ1n) is 11.7. The van der Waals surface area contributed by atoms with Gasteiger partial charge in [-0.3, -0.25) is 0 Å². The lowest BCUT2D eigenvalue weighted by Gasteiger charge is -2.37. The van der Waals surface area contributed by atoms with E-state index in [1.807, 2.05) is 36.4 Å². The molecule has 0 radical (unpaired) electrons. The second-order valence-electron chi connectivity index (χ2n) is 8.52. The van der Waals surface area contributed by atoms with Crippen molar-refractivity contribution in [3.05, 3.63) is 71.7 Å². The van der Waals surface area contributed by atoms with E-state index in [9.17, 15) is 4.39 Å². The maximum atomic E-state index is 14.1. The number of aromatic nitrogens is 1. The average Bonchev–Trinajstić information content (AvgIpc) is 3.37. The van der Waals surface area contributed by atoms with E-state index in [1.165, 1.54) is 6.07 Å². The van der Waals surface area contributed by atoms with E-state index in [0.717, 1.165) is 49.0 Å². The largest absolute Gasteiger partial charge is 0.378 e.